The minimum atomic E-state index is -4.79. The monoisotopic (exact) mass is 448 g/mol. The summed E-state index contributed by atoms with van der Waals surface area (Å²) >= 11 is 0. The van der Waals surface area contributed by atoms with E-state index in [9.17, 15) is 26.7 Å². The van der Waals surface area contributed by atoms with Crippen molar-refractivity contribution in [1.82, 2.24) is 14.7 Å². The Morgan fingerprint density at radius 3 is 2.70 bits per heavy atom. The molecule has 1 fully saturated rings. The number of rotatable bonds is 6. The van der Waals surface area contributed by atoms with Crippen LogP contribution in [0, 0.1) is 0 Å². The zero-order valence-electron chi connectivity index (χ0n) is 15.7. The lowest BCUT2D eigenvalue weighted by atomic mass is 10.1. The minimum Gasteiger partial charge on any atom is -0.471 e. The number of para-hydroxylation sites is 1. The molecule has 0 aliphatic carbocycles. The first-order valence-electron chi connectivity index (χ1n) is 8.78. The molecule has 1 aliphatic heterocycles. The van der Waals surface area contributed by atoms with Crippen molar-refractivity contribution in [3.05, 3.63) is 36.0 Å². The van der Waals surface area contributed by atoms with Crippen LogP contribution in [0.1, 0.15) is 12.0 Å². The Morgan fingerprint density at radius 1 is 1.30 bits per heavy atom. The second kappa shape index (κ2) is 8.71. The van der Waals surface area contributed by atoms with Crippen molar-refractivity contribution in [1.29, 1.82) is 0 Å². The maximum Gasteiger partial charge on any atom is 0.423 e. The minimum absolute atomic E-state index is 0.0589. The van der Waals surface area contributed by atoms with E-state index in [0.717, 1.165) is 0 Å². The molecule has 0 bridgehead atoms. The number of anilines is 2. The Bertz CT molecular complexity index is 1000. The molecule has 164 valence electrons. The summed E-state index contributed by atoms with van der Waals surface area (Å²) in [4.78, 5) is 7.28. The highest BCUT2D eigenvalue weighted by atomic mass is 32.2. The van der Waals surface area contributed by atoms with Crippen LogP contribution in [0.25, 0.3) is 0 Å². The van der Waals surface area contributed by atoms with Crippen LogP contribution in [-0.4, -0.2) is 56.0 Å². The number of ether oxygens (including phenoxy) is 2. The molecule has 0 saturated carbocycles. The fourth-order valence-corrected chi connectivity index (χ4v) is 3.62. The van der Waals surface area contributed by atoms with Crippen LogP contribution in [0.4, 0.5) is 24.8 Å². The molecule has 0 unspecified atom stereocenters. The molecule has 30 heavy (non-hydrogen) atoms. The zero-order valence-corrected chi connectivity index (χ0v) is 16.5. The van der Waals surface area contributed by atoms with E-state index >= 15 is 0 Å². The Balaban J connectivity index is 1.96. The second-order valence-corrected chi connectivity index (χ2v) is 8.18. The van der Waals surface area contributed by atoms with Gasteiger partial charge in [-0.3, -0.25) is 0 Å². The third kappa shape index (κ3) is 4.98. The highest BCUT2D eigenvalue weighted by molar-refractivity contribution is 7.89. The number of halogens is 3. The molecule has 3 rings (SSSR count). The van der Waals surface area contributed by atoms with Gasteiger partial charge in [0.15, 0.2) is 0 Å². The molecule has 1 aromatic carbocycles. The quantitative estimate of drug-likeness (QED) is 0.610. The molecule has 2 aromatic rings. The number of sulfonamides is 1. The Morgan fingerprint density at radius 2 is 2.03 bits per heavy atom. The smallest absolute Gasteiger partial charge is 0.423 e. The van der Waals surface area contributed by atoms with Crippen molar-refractivity contribution in [3.63, 3.8) is 0 Å². The summed E-state index contributed by atoms with van der Waals surface area (Å²) in [6.45, 7) is 0.145. The average Bonchev–Trinajstić information content (AvgIpc) is 2.69. The van der Waals surface area contributed by atoms with Gasteiger partial charge in [-0.2, -0.15) is 18.2 Å². The standard InChI is InChI=1S/C17H19F3N4O5S/c1-21-30(26,27)14-5-3-2-4-11(14)23-16-22-8-10(17(18,19)20)15(24-16)29-13-6-7-28-9-12(13)25/h2-5,8,12-13,21,25H,6-7,9H2,1H3,(H,22,23,24)/t12-,13+/m0/s1. The third-order valence-electron chi connectivity index (χ3n) is 4.28. The average molecular weight is 448 g/mol. The molecule has 1 aromatic heterocycles. The lowest BCUT2D eigenvalue weighted by molar-refractivity contribution is -0.141. The topological polar surface area (TPSA) is 123 Å². The fraction of sp³-hybridized carbons (Fsp3) is 0.412. The summed E-state index contributed by atoms with van der Waals surface area (Å²) in [6, 6.07) is 5.75. The second-order valence-electron chi connectivity index (χ2n) is 6.33. The number of aliphatic hydroxyl groups is 1. The maximum atomic E-state index is 13.4. The number of nitrogens with one attached hydrogen (secondary N) is 2. The number of alkyl halides is 3. The lowest BCUT2D eigenvalue weighted by Gasteiger charge is -2.28. The third-order valence-corrected chi connectivity index (χ3v) is 5.75. The van der Waals surface area contributed by atoms with Crippen LogP contribution in [0.15, 0.2) is 35.4 Å². The largest absolute Gasteiger partial charge is 0.471 e. The molecule has 0 spiro atoms. The summed E-state index contributed by atoms with van der Waals surface area (Å²) in [5.74, 6) is -1.08. The number of aromatic nitrogens is 2. The summed E-state index contributed by atoms with van der Waals surface area (Å²) in [6.07, 6.45) is -6.15. The van der Waals surface area contributed by atoms with Crippen LogP contribution in [0.5, 0.6) is 5.88 Å². The zero-order chi connectivity index (χ0) is 21.9. The highest BCUT2D eigenvalue weighted by Crippen LogP contribution is 2.36. The van der Waals surface area contributed by atoms with Crippen molar-refractivity contribution in [3.8, 4) is 5.88 Å². The van der Waals surface area contributed by atoms with Crippen LogP contribution < -0.4 is 14.8 Å². The summed E-state index contributed by atoms with van der Waals surface area (Å²) in [7, 11) is -2.62. The molecular formula is C17H19F3N4O5S. The van der Waals surface area contributed by atoms with Crippen molar-refractivity contribution in [2.45, 2.75) is 29.7 Å². The van der Waals surface area contributed by atoms with E-state index in [1.807, 2.05) is 0 Å². The van der Waals surface area contributed by atoms with E-state index < -0.39 is 39.9 Å². The Hall–Kier alpha value is -2.48. The number of hydrogen-bond donors (Lipinski definition) is 3. The van der Waals surface area contributed by atoms with Crippen LogP contribution in [-0.2, 0) is 20.9 Å². The predicted molar refractivity (Wildman–Crippen MR) is 98.9 cm³/mol. The van der Waals surface area contributed by atoms with Gasteiger partial charge in [-0.1, -0.05) is 12.1 Å². The van der Waals surface area contributed by atoms with Gasteiger partial charge in [-0.15, -0.1) is 0 Å². The molecule has 2 atom stereocenters. The van der Waals surface area contributed by atoms with Crippen LogP contribution in [0.2, 0.25) is 0 Å². The summed E-state index contributed by atoms with van der Waals surface area (Å²) in [5, 5.41) is 12.5. The number of benzene rings is 1. The first-order valence-corrected chi connectivity index (χ1v) is 10.3. The van der Waals surface area contributed by atoms with Gasteiger partial charge in [0.25, 0.3) is 0 Å². The highest BCUT2D eigenvalue weighted by Gasteiger charge is 2.38. The molecule has 1 saturated heterocycles. The fourth-order valence-electron chi connectivity index (χ4n) is 2.73. The molecular weight excluding hydrogens is 429 g/mol. The SMILES string of the molecule is CNS(=O)(=O)c1ccccc1Nc1ncc(C(F)(F)F)c(O[C@@H]2CCOC[C@@H]2O)n1. The van der Waals surface area contributed by atoms with Gasteiger partial charge in [0.05, 0.1) is 18.9 Å². The van der Waals surface area contributed by atoms with Crippen molar-refractivity contribution >= 4 is 21.7 Å². The van der Waals surface area contributed by atoms with E-state index in [1.54, 1.807) is 0 Å². The van der Waals surface area contributed by atoms with Gasteiger partial charge in [0.2, 0.25) is 21.9 Å². The number of hydrogen-bond acceptors (Lipinski definition) is 8. The van der Waals surface area contributed by atoms with Gasteiger partial charge in [0.1, 0.15) is 22.7 Å². The Labute approximate surface area is 170 Å². The molecule has 9 nitrogen and oxygen atoms in total. The first kappa shape index (κ1) is 22.2. The molecule has 13 heteroatoms. The van der Waals surface area contributed by atoms with Gasteiger partial charge >= 0.3 is 6.18 Å². The molecule has 2 heterocycles. The van der Waals surface area contributed by atoms with Crippen molar-refractivity contribution in [2.24, 2.45) is 0 Å². The van der Waals surface area contributed by atoms with E-state index in [2.05, 4.69) is 20.0 Å². The van der Waals surface area contributed by atoms with Gasteiger partial charge < -0.3 is 19.9 Å². The Kier molecular flexibility index (Phi) is 6.45. The molecule has 3 N–H and O–H groups in total. The predicted octanol–water partition coefficient (Wildman–Crippen LogP) is 1.68. The van der Waals surface area contributed by atoms with Gasteiger partial charge in [0, 0.05) is 12.6 Å². The van der Waals surface area contributed by atoms with Gasteiger partial charge in [-0.25, -0.2) is 18.1 Å². The van der Waals surface area contributed by atoms with Crippen LogP contribution >= 0.6 is 0 Å². The number of nitrogens with zero attached hydrogens (tertiary/aromatic N) is 2. The van der Waals surface area contributed by atoms with Crippen molar-refractivity contribution in [2.75, 3.05) is 25.6 Å². The van der Waals surface area contributed by atoms with Crippen LogP contribution in [0.3, 0.4) is 0 Å². The lowest BCUT2D eigenvalue weighted by Crippen LogP contribution is -2.41. The van der Waals surface area contributed by atoms with E-state index in [-0.39, 0.29) is 36.2 Å². The van der Waals surface area contributed by atoms with Gasteiger partial charge in [-0.05, 0) is 19.2 Å². The molecule has 0 radical (unpaired) electrons. The molecule has 0 amide bonds. The first-order chi connectivity index (χ1) is 14.1. The van der Waals surface area contributed by atoms with E-state index in [0.29, 0.717) is 6.20 Å². The number of aliphatic hydroxyl groups excluding tert-OH is 1. The van der Waals surface area contributed by atoms with E-state index in [1.165, 1.54) is 31.3 Å². The maximum absolute atomic E-state index is 13.4. The summed E-state index contributed by atoms with van der Waals surface area (Å²) < 4.78 is 77.0. The summed E-state index contributed by atoms with van der Waals surface area (Å²) in [5.41, 5.74) is -1.16. The molecule has 1 aliphatic rings. The normalized spacial score (nSPS) is 20.0. The van der Waals surface area contributed by atoms with E-state index in [4.69, 9.17) is 9.47 Å². The van der Waals surface area contributed by atoms with Crippen molar-refractivity contribution < 1.29 is 36.2 Å².